The van der Waals surface area contributed by atoms with Crippen molar-refractivity contribution in [3.8, 4) is 0 Å². The van der Waals surface area contributed by atoms with Crippen LogP contribution in [0, 0.1) is 0 Å². The van der Waals surface area contributed by atoms with E-state index in [1.54, 1.807) is 4.90 Å². The van der Waals surface area contributed by atoms with Gasteiger partial charge < -0.3 is 15.5 Å². The molecule has 1 aromatic carbocycles. The maximum Gasteiger partial charge on any atom is 0.255 e. The number of carbonyl (C=O) groups excluding carboxylic acids is 3. The Balaban J connectivity index is 1.25. The van der Waals surface area contributed by atoms with Crippen LogP contribution in [0.4, 0.5) is 0 Å². The molecule has 3 amide bonds. The summed E-state index contributed by atoms with van der Waals surface area (Å²) in [6.07, 6.45) is 4.33. The van der Waals surface area contributed by atoms with Gasteiger partial charge in [0, 0.05) is 43.2 Å². The zero-order valence-electron chi connectivity index (χ0n) is 15.2. The monoisotopic (exact) mass is 368 g/mol. The number of rotatable bonds is 4. The molecular weight excluding hydrogens is 344 g/mol. The molecule has 2 bridgehead atoms. The summed E-state index contributed by atoms with van der Waals surface area (Å²) in [5.41, 5.74) is 2.74. The molecule has 1 saturated carbocycles. The zero-order chi connectivity index (χ0) is 18.5. The van der Waals surface area contributed by atoms with Gasteiger partial charge in [-0.2, -0.15) is 0 Å². The minimum atomic E-state index is -0.550. The Hall–Kier alpha value is -2.25. The Bertz CT molecular complexity index is 807. The van der Waals surface area contributed by atoms with E-state index in [0.717, 1.165) is 17.7 Å². The molecule has 3 N–H and O–H groups in total. The summed E-state index contributed by atoms with van der Waals surface area (Å²) in [6, 6.07) is 7.35. The molecule has 27 heavy (non-hydrogen) atoms. The van der Waals surface area contributed by atoms with Crippen LogP contribution in [0.3, 0.4) is 0 Å². The number of imide groups is 1. The number of hydrogen-bond donors (Lipinski definition) is 3. The first-order valence-electron chi connectivity index (χ1n) is 9.83. The Kier molecular flexibility index (Phi) is 4.02. The maximum absolute atomic E-state index is 12.9. The summed E-state index contributed by atoms with van der Waals surface area (Å²) in [6.45, 7) is 1.19. The molecule has 1 aromatic rings. The van der Waals surface area contributed by atoms with Crippen LogP contribution in [0.2, 0.25) is 0 Å². The normalized spacial score (nSPS) is 32.1. The molecule has 4 heterocycles. The molecule has 4 atom stereocenters. The molecule has 4 aliphatic heterocycles. The molecule has 4 fully saturated rings. The van der Waals surface area contributed by atoms with E-state index in [1.807, 2.05) is 12.1 Å². The van der Waals surface area contributed by atoms with Crippen LogP contribution in [0.1, 0.15) is 53.6 Å². The number of carbonyl (C=O) groups is 3. The quantitative estimate of drug-likeness (QED) is 0.671. The lowest BCUT2D eigenvalue weighted by Crippen LogP contribution is -2.61. The van der Waals surface area contributed by atoms with Crippen molar-refractivity contribution in [1.29, 1.82) is 0 Å². The average Bonchev–Trinajstić information content (AvgIpc) is 2.96. The van der Waals surface area contributed by atoms with Gasteiger partial charge in [0.15, 0.2) is 0 Å². The van der Waals surface area contributed by atoms with Gasteiger partial charge in [-0.1, -0.05) is 12.1 Å². The average molecular weight is 368 g/mol. The van der Waals surface area contributed by atoms with E-state index in [4.69, 9.17) is 0 Å². The van der Waals surface area contributed by atoms with Crippen molar-refractivity contribution in [2.45, 2.75) is 69.4 Å². The minimum Gasteiger partial charge on any atom is -0.322 e. The highest BCUT2D eigenvalue weighted by Gasteiger charge is 2.39. The van der Waals surface area contributed by atoms with Crippen molar-refractivity contribution in [2.24, 2.45) is 0 Å². The van der Waals surface area contributed by atoms with Crippen molar-refractivity contribution in [1.82, 2.24) is 20.9 Å². The second-order valence-corrected chi connectivity index (χ2v) is 8.24. The molecule has 6 rings (SSSR count). The second kappa shape index (κ2) is 6.42. The summed E-state index contributed by atoms with van der Waals surface area (Å²) >= 11 is 0. The summed E-state index contributed by atoms with van der Waals surface area (Å²) in [7, 11) is 0. The lowest BCUT2D eigenvalue weighted by atomic mass is 9.79. The summed E-state index contributed by atoms with van der Waals surface area (Å²) in [5, 5.41) is 9.51. The van der Waals surface area contributed by atoms with Gasteiger partial charge in [0.1, 0.15) is 6.04 Å². The molecule has 7 nitrogen and oxygen atoms in total. The molecule has 0 radical (unpaired) electrons. The largest absolute Gasteiger partial charge is 0.322 e. The molecule has 2 unspecified atom stereocenters. The number of nitrogens with one attached hydrogen (secondary N) is 3. The van der Waals surface area contributed by atoms with E-state index in [-0.39, 0.29) is 24.1 Å². The number of hydrogen-bond acceptors (Lipinski definition) is 5. The van der Waals surface area contributed by atoms with Crippen LogP contribution in [0.5, 0.6) is 0 Å². The molecular formula is C20H24N4O3. The molecule has 5 aliphatic rings. The standard InChI is InChI=1S/C20H24N4O3/c25-18-4-3-17(19(26)23-18)24-10-12-2-1-11(5-16(12)20(24)27)9-21-13-6-14-8-15(7-13)22-14/h1-2,5,13-15,17,21-22H,3-4,6-10H2,(H,23,25,26)/t13?,14-,15+,17?. The van der Waals surface area contributed by atoms with Gasteiger partial charge in [-0.15, -0.1) is 0 Å². The van der Waals surface area contributed by atoms with Crippen LogP contribution in [-0.2, 0) is 22.7 Å². The predicted octanol–water partition coefficient (Wildman–Crippen LogP) is 0.430. The van der Waals surface area contributed by atoms with Crippen LogP contribution in [-0.4, -0.2) is 46.8 Å². The molecule has 0 aromatic heterocycles. The number of benzene rings is 1. The number of piperidine rings is 2. The predicted molar refractivity (Wildman–Crippen MR) is 97.7 cm³/mol. The van der Waals surface area contributed by atoms with E-state index >= 15 is 0 Å². The number of nitrogens with zero attached hydrogens (tertiary/aromatic N) is 1. The first kappa shape index (κ1) is 16.9. The topological polar surface area (TPSA) is 90.5 Å². The molecule has 142 valence electrons. The first-order valence-corrected chi connectivity index (χ1v) is 9.83. The van der Waals surface area contributed by atoms with Gasteiger partial charge in [-0.25, -0.2) is 0 Å². The Labute approximate surface area is 157 Å². The van der Waals surface area contributed by atoms with Gasteiger partial charge in [0.2, 0.25) is 11.8 Å². The van der Waals surface area contributed by atoms with Crippen LogP contribution < -0.4 is 16.0 Å². The van der Waals surface area contributed by atoms with Crippen molar-refractivity contribution >= 4 is 17.7 Å². The van der Waals surface area contributed by atoms with E-state index in [2.05, 4.69) is 22.0 Å². The molecule has 1 aliphatic carbocycles. The van der Waals surface area contributed by atoms with Gasteiger partial charge >= 0.3 is 0 Å². The fraction of sp³-hybridized carbons (Fsp3) is 0.550. The lowest BCUT2D eigenvalue weighted by Gasteiger charge is -2.46. The van der Waals surface area contributed by atoms with E-state index in [1.165, 1.54) is 19.3 Å². The third-order valence-electron chi connectivity index (χ3n) is 6.37. The summed E-state index contributed by atoms with van der Waals surface area (Å²) in [4.78, 5) is 37.9. The minimum absolute atomic E-state index is 0.107. The second-order valence-electron chi connectivity index (χ2n) is 8.24. The fourth-order valence-corrected chi connectivity index (χ4v) is 4.90. The third kappa shape index (κ3) is 3.04. The Morgan fingerprint density at radius 2 is 1.89 bits per heavy atom. The van der Waals surface area contributed by atoms with E-state index < -0.39 is 6.04 Å². The summed E-state index contributed by atoms with van der Waals surface area (Å²) in [5.74, 6) is -0.729. The van der Waals surface area contributed by atoms with Crippen molar-refractivity contribution in [2.75, 3.05) is 0 Å². The van der Waals surface area contributed by atoms with Gasteiger partial charge in [-0.3, -0.25) is 19.7 Å². The van der Waals surface area contributed by atoms with Crippen LogP contribution >= 0.6 is 0 Å². The molecule has 7 heteroatoms. The highest BCUT2D eigenvalue weighted by Crippen LogP contribution is 2.30. The van der Waals surface area contributed by atoms with Gasteiger partial charge in [-0.05, 0) is 42.9 Å². The van der Waals surface area contributed by atoms with E-state index in [0.29, 0.717) is 36.7 Å². The summed E-state index contributed by atoms with van der Waals surface area (Å²) < 4.78 is 0. The highest BCUT2D eigenvalue weighted by atomic mass is 16.2. The molecule has 0 spiro atoms. The van der Waals surface area contributed by atoms with Crippen molar-refractivity contribution < 1.29 is 14.4 Å². The highest BCUT2D eigenvalue weighted by molar-refractivity contribution is 6.05. The van der Waals surface area contributed by atoms with E-state index in [9.17, 15) is 14.4 Å². The smallest absolute Gasteiger partial charge is 0.255 e. The van der Waals surface area contributed by atoms with Gasteiger partial charge in [0.25, 0.3) is 5.91 Å². The lowest BCUT2D eigenvalue weighted by molar-refractivity contribution is -0.136. The van der Waals surface area contributed by atoms with Crippen molar-refractivity contribution in [3.05, 3.63) is 34.9 Å². The number of fused-ring (bicyclic) bond motifs is 3. The number of amides is 3. The van der Waals surface area contributed by atoms with Crippen LogP contribution in [0.15, 0.2) is 18.2 Å². The van der Waals surface area contributed by atoms with Crippen LogP contribution in [0.25, 0.3) is 0 Å². The first-order chi connectivity index (χ1) is 13.1. The van der Waals surface area contributed by atoms with Gasteiger partial charge in [0.05, 0.1) is 0 Å². The Morgan fingerprint density at radius 1 is 1.11 bits per heavy atom. The third-order valence-corrected chi connectivity index (χ3v) is 6.37. The maximum atomic E-state index is 12.9. The SMILES string of the molecule is O=C1CCC(N2Cc3ccc(CNC4C[C@@H]5C[C@H](C4)N5)cc3C2=O)C(=O)N1. The fourth-order valence-electron chi connectivity index (χ4n) is 4.90. The molecule has 3 saturated heterocycles. The zero-order valence-corrected chi connectivity index (χ0v) is 15.2. The van der Waals surface area contributed by atoms with Crippen molar-refractivity contribution in [3.63, 3.8) is 0 Å². The Morgan fingerprint density at radius 3 is 2.63 bits per heavy atom.